The summed E-state index contributed by atoms with van der Waals surface area (Å²) in [6.07, 6.45) is -0.104. The second-order valence-electron chi connectivity index (χ2n) is 2.77. The van der Waals surface area contributed by atoms with E-state index in [1.807, 2.05) is 0 Å². The van der Waals surface area contributed by atoms with Crippen LogP contribution in [0.5, 0.6) is 0 Å². The Hall–Kier alpha value is -0.0800. The molecule has 0 radical (unpaired) electrons. The number of Topliss-reactive ketones (excluding diaryl/α,β-unsaturated/α-hetero) is 2. The number of halogens is 2. The number of ketones is 2. The summed E-state index contributed by atoms with van der Waals surface area (Å²) in [6.45, 7) is 1.71. The van der Waals surface area contributed by atoms with Gasteiger partial charge in [-0.3, -0.25) is 9.59 Å². The zero-order valence-electron chi connectivity index (χ0n) is 6.01. The highest BCUT2D eigenvalue weighted by Gasteiger charge is 2.38. The molecule has 0 bridgehead atoms. The molecule has 1 saturated carbocycles. The Morgan fingerprint density at radius 3 is 1.91 bits per heavy atom. The second-order valence-corrected chi connectivity index (χ2v) is 3.71. The van der Waals surface area contributed by atoms with Crippen molar-refractivity contribution in [1.29, 1.82) is 0 Å². The van der Waals surface area contributed by atoms with E-state index in [9.17, 15) is 9.59 Å². The van der Waals surface area contributed by atoms with Crippen molar-refractivity contribution in [3.8, 4) is 0 Å². The lowest BCUT2D eigenvalue weighted by Crippen LogP contribution is -2.41. The summed E-state index contributed by atoms with van der Waals surface area (Å²) in [6, 6.07) is 0. The van der Waals surface area contributed by atoms with Gasteiger partial charge in [-0.05, 0) is 0 Å². The van der Waals surface area contributed by atoms with Gasteiger partial charge in [0, 0.05) is 5.92 Å². The summed E-state index contributed by atoms with van der Waals surface area (Å²) >= 11 is 11.4. The molecule has 11 heavy (non-hydrogen) atoms. The molecule has 2 unspecified atom stereocenters. The van der Waals surface area contributed by atoms with Gasteiger partial charge in [-0.25, -0.2) is 0 Å². The Morgan fingerprint density at radius 1 is 1.18 bits per heavy atom. The lowest BCUT2D eigenvalue weighted by molar-refractivity contribution is -0.130. The summed E-state index contributed by atoms with van der Waals surface area (Å²) in [4.78, 5) is 21.9. The fraction of sp³-hybridized carbons (Fsp3) is 0.714. The van der Waals surface area contributed by atoms with E-state index in [-0.39, 0.29) is 23.9 Å². The lowest BCUT2D eigenvalue weighted by atomic mass is 9.88. The Labute approximate surface area is 74.9 Å². The highest BCUT2D eigenvalue weighted by molar-refractivity contribution is 6.40. The molecule has 1 fully saturated rings. The van der Waals surface area contributed by atoms with Gasteiger partial charge in [-0.2, -0.15) is 0 Å². The van der Waals surface area contributed by atoms with Crippen molar-refractivity contribution >= 4 is 34.8 Å². The smallest absolute Gasteiger partial charge is 0.158 e. The van der Waals surface area contributed by atoms with Crippen LogP contribution in [0.2, 0.25) is 0 Å². The van der Waals surface area contributed by atoms with Crippen molar-refractivity contribution in [2.45, 2.75) is 24.1 Å². The van der Waals surface area contributed by atoms with Gasteiger partial charge in [0.25, 0.3) is 0 Å². The van der Waals surface area contributed by atoms with Crippen molar-refractivity contribution in [3.63, 3.8) is 0 Å². The molecule has 0 heterocycles. The number of rotatable bonds is 0. The average Bonchev–Trinajstić information content (AvgIpc) is 1.97. The predicted molar refractivity (Wildman–Crippen MR) is 43.1 cm³/mol. The largest absolute Gasteiger partial charge is 0.298 e. The normalized spacial score (nSPS) is 39.4. The first kappa shape index (κ1) is 9.01. The minimum Gasteiger partial charge on any atom is -0.298 e. The van der Waals surface area contributed by atoms with E-state index in [0.717, 1.165) is 0 Å². The molecule has 0 N–H and O–H groups in total. The third-order valence-electron chi connectivity index (χ3n) is 1.89. The van der Waals surface area contributed by atoms with Crippen LogP contribution in [0.15, 0.2) is 0 Å². The average molecular weight is 195 g/mol. The number of hydrogen-bond donors (Lipinski definition) is 0. The molecule has 62 valence electrons. The fourth-order valence-electron chi connectivity index (χ4n) is 1.10. The van der Waals surface area contributed by atoms with E-state index in [0.29, 0.717) is 0 Å². The topological polar surface area (TPSA) is 34.1 Å². The summed E-state index contributed by atoms with van der Waals surface area (Å²) in [7, 11) is 0. The first-order chi connectivity index (χ1) is 5.04. The molecule has 1 aliphatic rings. The minimum atomic E-state index is -0.588. The zero-order chi connectivity index (χ0) is 8.59. The van der Waals surface area contributed by atoms with Crippen molar-refractivity contribution in [1.82, 2.24) is 0 Å². The summed E-state index contributed by atoms with van der Waals surface area (Å²) < 4.78 is 0. The van der Waals surface area contributed by atoms with E-state index in [2.05, 4.69) is 0 Å². The highest BCUT2D eigenvalue weighted by atomic mass is 35.5. The minimum absolute atomic E-state index is 0.104. The fourth-order valence-corrected chi connectivity index (χ4v) is 1.62. The van der Waals surface area contributed by atoms with Crippen LogP contribution in [0.1, 0.15) is 13.3 Å². The third-order valence-corrected chi connectivity index (χ3v) is 3.17. The van der Waals surface area contributed by atoms with Crippen LogP contribution in [0, 0.1) is 5.92 Å². The van der Waals surface area contributed by atoms with Gasteiger partial charge in [0.2, 0.25) is 0 Å². The number of hydrogen-bond acceptors (Lipinski definition) is 2. The molecule has 1 rings (SSSR count). The molecule has 0 aromatic heterocycles. The maximum atomic E-state index is 10.9. The Kier molecular flexibility index (Phi) is 2.55. The van der Waals surface area contributed by atoms with Crippen LogP contribution in [0.3, 0.4) is 0 Å². The molecule has 2 nitrogen and oxygen atoms in total. The van der Waals surface area contributed by atoms with Crippen LogP contribution in [0.25, 0.3) is 0 Å². The summed E-state index contributed by atoms with van der Waals surface area (Å²) in [5.74, 6) is -0.658. The Morgan fingerprint density at radius 2 is 1.55 bits per heavy atom. The second kappa shape index (κ2) is 3.11. The first-order valence-electron chi connectivity index (χ1n) is 3.37. The Bertz CT molecular complexity index is 183. The molecule has 0 aromatic rings. The van der Waals surface area contributed by atoms with Gasteiger partial charge in [0.05, 0.1) is 17.2 Å². The first-order valence-corrected chi connectivity index (χ1v) is 4.25. The van der Waals surface area contributed by atoms with Gasteiger partial charge in [0.1, 0.15) is 0 Å². The Balaban J connectivity index is 2.78. The van der Waals surface area contributed by atoms with Crippen molar-refractivity contribution in [3.05, 3.63) is 0 Å². The number of carbonyl (C=O) groups excluding carboxylic acids is 2. The third kappa shape index (κ3) is 1.57. The molecule has 0 saturated heterocycles. The molecular weight excluding hydrogens is 187 g/mol. The molecule has 4 heteroatoms. The molecule has 0 amide bonds. The zero-order valence-corrected chi connectivity index (χ0v) is 7.52. The van der Waals surface area contributed by atoms with Gasteiger partial charge >= 0.3 is 0 Å². The molecule has 0 spiro atoms. The standard InChI is InChI=1S/C7H8Cl2O2/c1-3-6(8)4(10)2-5(11)7(3)9/h3,6-7H,2H2,1H3. The number of carbonyl (C=O) groups is 2. The molecule has 0 aromatic carbocycles. The summed E-state index contributed by atoms with van der Waals surface area (Å²) in [5, 5.41) is -1.18. The van der Waals surface area contributed by atoms with Crippen LogP contribution < -0.4 is 0 Å². The van der Waals surface area contributed by atoms with Gasteiger partial charge in [0.15, 0.2) is 11.6 Å². The van der Waals surface area contributed by atoms with Crippen LogP contribution in [-0.2, 0) is 9.59 Å². The van der Waals surface area contributed by atoms with Gasteiger partial charge in [-0.1, -0.05) is 6.92 Å². The van der Waals surface area contributed by atoms with E-state index in [1.165, 1.54) is 0 Å². The van der Waals surface area contributed by atoms with E-state index >= 15 is 0 Å². The van der Waals surface area contributed by atoms with Crippen LogP contribution in [0.4, 0.5) is 0 Å². The van der Waals surface area contributed by atoms with Crippen molar-refractivity contribution in [2.24, 2.45) is 5.92 Å². The monoisotopic (exact) mass is 194 g/mol. The molecule has 2 atom stereocenters. The SMILES string of the molecule is CC1C(Cl)C(=O)CC(=O)C1Cl. The molecular formula is C7H8Cl2O2. The van der Waals surface area contributed by atoms with Gasteiger partial charge in [-0.15, -0.1) is 23.2 Å². The van der Waals surface area contributed by atoms with Crippen LogP contribution >= 0.6 is 23.2 Å². The highest BCUT2D eigenvalue weighted by Crippen LogP contribution is 2.27. The maximum Gasteiger partial charge on any atom is 0.158 e. The van der Waals surface area contributed by atoms with Crippen molar-refractivity contribution in [2.75, 3.05) is 0 Å². The number of alkyl halides is 2. The lowest BCUT2D eigenvalue weighted by Gasteiger charge is -2.25. The van der Waals surface area contributed by atoms with E-state index in [4.69, 9.17) is 23.2 Å². The van der Waals surface area contributed by atoms with Crippen molar-refractivity contribution < 1.29 is 9.59 Å². The van der Waals surface area contributed by atoms with E-state index in [1.54, 1.807) is 6.92 Å². The van der Waals surface area contributed by atoms with E-state index < -0.39 is 10.8 Å². The molecule has 0 aliphatic heterocycles. The predicted octanol–water partition coefficient (Wildman–Crippen LogP) is 1.38. The van der Waals surface area contributed by atoms with Crippen LogP contribution in [-0.4, -0.2) is 22.3 Å². The maximum absolute atomic E-state index is 10.9. The molecule has 1 aliphatic carbocycles. The summed E-state index contributed by atoms with van der Waals surface area (Å²) in [5.41, 5.74) is 0. The van der Waals surface area contributed by atoms with Gasteiger partial charge < -0.3 is 0 Å². The quantitative estimate of drug-likeness (QED) is 0.432.